The van der Waals surface area contributed by atoms with Crippen molar-refractivity contribution in [3.8, 4) is 0 Å². The van der Waals surface area contributed by atoms with E-state index in [9.17, 15) is 9.67 Å². The van der Waals surface area contributed by atoms with Crippen molar-refractivity contribution in [2.24, 2.45) is 0 Å². The van der Waals surface area contributed by atoms with E-state index in [0.717, 1.165) is 0 Å². The zero-order chi connectivity index (χ0) is 12.1. The predicted octanol–water partition coefficient (Wildman–Crippen LogP) is -1.86. The highest BCUT2D eigenvalue weighted by molar-refractivity contribution is 7.55. The van der Waals surface area contributed by atoms with Crippen molar-refractivity contribution in [1.82, 2.24) is 0 Å². The molecule has 0 saturated carbocycles. The van der Waals surface area contributed by atoms with Gasteiger partial charge in [0, 0.05) is 12.4 Å². The fraction of sp³-hybridized carbons (Fsp3) is 0.714. The summed E-state index contributed by atoms with van der Waals surface area (Å²) in [6, 6.07) is 0. The molecule has 0 heterocycles. The summed E-state index contributed by atoms with van der Waals surface area (Å²) in [6.07, 6.45) is -3.99. The fourth-order valence-corrected chi connectivity index (χ4v) is 1.25. The lowest BCUT2D eigenvalue weighted by Gasteiger charge is -2.19. The Hall–Kier alpha value is -0.270. The van der Waals surface area contributed by atoms with E-state index in [-0.39, 0.29) is 13.0 Å². The number of hydrogen-bond donors (Lipinski definition) is 6. The third-order valence-corrected chi connectivity index (χ3v) is 2.21. The van der Waals surface area contributed by atoms with Gasteiger partial charge in [0.1, 0.15) is 12.2 Å². The first-order valence-corrected chi connectivity index (χ1v) is 5.85. The molecule has 0 aromatic rings. The van der Waals surface area contributed by atoms with E-state index in [0.29, 0.717) is 11.9 Å². The van der Waals surface area contributed by atoms with Gasteiger partial charge in [-0.3, -0.25) is 4.57 Å². The number of rotatable bonds is 6. The number of hydrogen-bond acceptors (Lipinski definition) is 5. The van der Waals surface area contributed by atoms with Crippen molar-refractivity contribution in [3.05, 3.63) is 11.9 Å². The van der Waals surface area contributed by atoms with Gasteiger partial charge in [0.2, 0.25) is 0 Å². The van der Waals surface area contributed by atoms with E-state index in [2.05, 4.69) is 0 Å². The van der Waals surface area contributed by atoms with Crippen molar-refractivity contribution in [2.45, 2.75) is 24.7 Å². The minimum atomic E-state index is -4.39. The van der Waals surface area contributed by atoms with E-state index >= 15 is 0 Å². The van der Waals surface area contributed by atoms with E-state index in [1.165, 1.54) is 0 Å². The van der Waals surface area contributed by atoms with Gasteiger partial charge in [-0.25, -0.2) is 0 Å². The Morgan fingerprint density at radius 2 is 1.73 bits per heavy atom. The summed E-state index contributed by atoms with van der Waals surface area (Å²) in [4.78, 5) is 16.8. The summed E-state index contributed by atoms with van der Waals surface area (Å²) in [5.41, 5.74) is 0. The molecule has 7 nitrogen and oxygen atoms in total. The van der Waals surface area contributed by atoms with Gasteiger partial charge in [0.15, 0.2) is 0 Å². The summed E-state index contributed by atoms with van der Waals surface area (Å²) in [6.45, 7) is -0.368. The summed E-state index contributed by atoms with van der Waals surface area (Å²) in [7, 11) is -4.39. The zero-order valence-electron chi connectivity index (χ0n) is 7.84. The van der Waals surface area contributed by atoms with Crippen LogP contribution in [0.25, 0.3) is 0 Å². The van der Waals surface area contributed by atoms with Crippen LogP contribution in [0.5, 0.6) is 0 Å². The van der Waals surface area contributed by atoms with Gasteiger partial charge < -0.3 is 30.2 Å². The largest absolute Gasteiger partial charge is 0.396 e. The average molecular weight is 242 g/mol. The van der Waals surface area contributed by atoms with Gasteiger partial charge in [0.25, 0.3) is 0 Å². The van der Waals surface area contributed by atoms with Crippen LogP contribution in [0.3, 0.4) is 0 Å². The van der Waals surface area contributed by atoms with E-state index in [1.54, 1.807) is 0 Å². The van der Waals surface area contributed by atoms with Crippen molar-refractivity contribution in [2.75, 3.05) is 6.61 Å². The highest BCUT2D eigenvalue weighted by Gasteiger charge is 2.22. The lowest BCUT2D eigenvalue weighted by Crippen LogP contribution is -2.36. The summed E-state index contributed by atoms with van der Waals surface area (Å²) >= 11 is 0. The highest BCUT2D eigenvalue weighted by atomic mass is 31.2. The van der Waals surface area contributed by atoms with Crippen molar-refractivity contribution in [3.63, 3.8) is 0 Å². The summed E-state index contributed by atoms with van der Waals surface area (Å²) in [5.74, 6) is 0.437. The maximum atomic E-state index is 10.4. The molecule has 0 amide bonds. The molecular formula is C7H15O7P. The van der Waals surface area contributed by atoms with Crippen LogP contribution in [0.15, 0.2) is 11.9 Å². The molecule has 0 aromatic carbocycles. The molecule has 0 bridgehead atoms. The maximum Gasteiger partial charge on any atom is 0.348 e. The molecule has 0 rings (SSSR count). The number of aliphatic hydroxyl groups excluding tert-OH is 4. The second-order valence-corrected chi connectivity index (χ2v) is 4.47. The zero-order valence-corrected chi connectivity index (χ0v) is 8.73. The summed E-state index contributed by atoms with van der Waals surface area (Å²) < 4.78 is 10.4. The standard InChI is InChI=1S/C7H15O7P/c8-3-1-5(9)7(11)6(10)2-4-15(12,13)14/h2,4-11H,1,3H2,(H2,12,13,14). The third kappa shape index (κ3) is 6.75. The predicted molar refractivity (Wildman–Crippen MR) is 50.9 cm³/mol. The summed E-state index contributed by atoms with van der Waals surface area (Å²) in [5, 5.41) is 35.9. The molecule has 6 N–H and O–H groups in total. The minimum absolute atomic E-state index is 0.137. The van der Waals surface area contributed by atoms with Crippen molar-refractivity contribution >= 4 is 7.60 Å². The molecule has 0 aliphatic heterocycles. The molecular weight excluding hydrogens is 227 g/mol. The van der Waals surface area contributed by atoms with E-state index in [4.69, 9.17) is 25.1 Å². The highest BCUT2D eigenvalue weighted by Crippen LogP contribution is 2.36. The SMILES string of the molecule is O=P(O)(O)C=CC(O)C(O)C(O)CCO. The Kier molecular flexibility index (Phi) is 6.23. The molecule has 15 heavy (non-hydrogen) atoms. The first kappa shape index (κ1) is 14.7. The van der Waals surface area contributed by atoms with Gasteiger partial charge in [-0.1, -0.05) is 0 Å². The monoisotopic (exact) mass is 242 g/mol. The van der Waals surface area contributed by atoms with E-state index < -0.39 is 25.9 Å². The molecule has 0 aliphatic carbocycles. The van der Waals surface area contributed by atoms with Crippen LogP contribution in [0.1, 0.15) is 6.42 Å². The molecule has 0 spiro atoms. The Balaban J connectivity index is 4.26. The topological polar surface area (TPSA) is 138 Å². The van der Waals surface area contributed by atoms with Crippen LogP contribution >= 0.6 is 7.60 Å². The molecule has 8 heteroatoms. The minimum Gasteiger partial charge on any atom is -0.396 e. The molecule has 90 valence electrons. The Bertz CT molecular complexity index is 248. The fourth-order valence-electron chi connectivity index (χ4n) is 0.845. The first-order valence-electron chi connectivity index (χ1n) is 4.17. The number of aliphatic hydroxyl groups is 4. The van der Waals surface area contributed by atoms with Gasteiger partial charge in [0.05, 0.1) is 6.10 Å². The van der Waals surface area contributed by atoms with Crippen LogP contribution in [-0.2, 0) is 4.57 Å². The Morgan fingerprint density at radius 3 is 2.13 bits per heavy atom. The molecule has 3 unspecified atom stereocenters. The van der Waals surface area contributed by atoms with Crippen molar-refractivity contribution in [1.29, 1.82) is 0 Å². The average Bonchev–Trinajstić information content (AvgIpc) is 2.12. The van der Waals surface area contributed by atoms with Crippen LogP contribution in [-0.4, -0.2) is 55.1 Å². The molecule has 0 aliphatic rings. The second-order valence-electron chi connectivity index (χ2n) is 2.99. The van der Waals surface area contributed by atoms with Gasteiger partial charge in [-0.05, 0) is 12.5 Å². The molecule has 0 radical (unpaired) electrons. The lowest BCUT2D eigenvalue weighted by molar-refractivity contribution is -0.0488. The molecule has 0 aromatic heterocycles. The van der Waals surface area contributed by atoms with Crippen molar-refractivity contribution < 1.29 is 34.8 Å². The van der Waals surface area contributed by atoms with Crippen LogP contribution < -0.4 is 0 Å². The normalized spacial score (nSPS) is 19.1. The molecule has 0 fully saturated rings. The quantitative estimate of drug-likeness (QED) is 0.300. The van der Waals surface area contributed by atoms with Crippen LogP contribution in [0.2, 0.25) is 0 Å². The van der Waals surface area contributed by atoms with Gasteiger partial charge in [-0.2, -0.15) is 0 Å². The Morgan fingerprint density at radius 1 is 1.20 bits per heavy atom. The molecule has 0 saturated heterocycles. The smallest absolute Gasteiger partial charge is 0.348 e. The van der Waals surface area contributed by atoms with Gasteiger partial charge >= 0.3 is 7.60 Å². The third-order valence-electron chi connectivity index (χ3n) is 1.65. The van der Waals surface area contributed by atoms with E-state index in [1.807, 2.05) is 0 Å². The van der Waals surface area contributed by atoms with Crippen LogP contribution in [0.4, 0.5) is 0 Å². The maximum absolute atomic E-state index is 10.4. The Labute approximate surface area is 86.5 Å². The van der Waals surface area contributed by atoms with Gasteiger partial charge in [-0.15, -0.1) is 0 Å². The van der Waals surface area contributed by atoms with Crippen LogP contribution in [0, 0.1) is 0 Å². The molecule has 3 atom stereocenters. The lowest BCUT2D eigenvalue weighted by atomic mass is 10.1. The second kappa shape index (κ2) is 6.34. The first-order chi connectivity index (χ1) is 6.78.